The second kappa shape index (κ2) is 11.3. The number of thioether (sulfide) groups is 1. The number of carbonyl (C=O) groups is 2. The first kappa shape index (κ1) is 25.4. The molecule has 0 radical (unpaired) electrons. The third-order valence-corrected chi connectivity index (χ3v) is 6.18. The van der Waals surface area contributed by atoms with Crippen molar-refractivity contribution in [1.82, 2.24) is 20.5 Å². The molecular weight excluding hydrogens is 524 g/mol. The van der Waals surface area contributed by atoms with Crippen LogP contribution in [0.15, 0.2) is 52.1 Å². The Kier molecular flexibility index (Phi) is 8.40. The number of aromatic nitrogens is 3. The van der Waals surface area contributed by atoms with E-state index in [4.69, 9.17) is 0 Å². The summed E-state index contributed by atoms with van der Waals surface area (Å²) < 4.78 is 0.933. The molecule has 1 heterocycles. The highest BCUT2D eigenvalue weighted by Gasteiger charge is 2.24. The van der Waals surface area contributed by atoms with Gasteiger partial charge in [-0.2, -0.15) is 0 Å². The van der Waals surface area contributed by atoms with Crippen molar-refractivity contribution in [3.8, 4) is 0 Å². The lowest BCUT2D eigenvalue weighted by Gasteiger charge is -2.19. The lowest BCUT2D eigenvalue weighted by molar-refractivity contribution is -0.384. The number of benzene rings is 2. The molecule has 12 heteroatoms. The minimum atomic E-state index is -0.551. The van der Waals surface area contributed by atoms with E-state index in [-0.39, 0.29) is 28.8 Å². The quantitative estimate of drug-likeness (QED) is 0.201. The molecule has 0 aliphatic heterocycles. The molecule has 0 unspecified atom stereocenters. The molecule has 1 atom stereocenters. The number of carbonyl (C=O) groups excluding carboxylic acids is 2. The minimum Gasteiger partial charge on any atom is -0.342 e. The van der Waals surface area contributed by atoms with E-state index in [9.17, 15) is 19.7 Å². The van der Waals surface area contributed by atoms with Gasteiger partial charge in [-0.1, -0.05) is 47.6 Å². The smallest absolute Gasteiger partial charge is 0.270 e. The molecular formula is C22H23BrN6O4S. The van der Waals surface area contributed by atoms with E-state index in [1.807, 2.05) is 39.0 Å². The van der Waals surface area contributed by atoms with Crippen molar-refractivity contribution in [1.29, 1.82) is 0 Å². The standard InChI is InChI=1S/C22H23BrN6O4S/c1-12(2)19(25-21(31)14-5-4-6-16(10-14)29(32)33)20-26-22(28-27-20)34-11-18(30)24-17-8-7-15(23)9-13(17)3/h4-10,12,19H,11H2,1-3H3,(H,24,30)(H,25,31)(H,26,27,28)/t19-/m0/s1. The van der Waals surface area contributed by atoms with Crippen molar-refractivity contribution in [2.24, 2.45) is 5.92 Å². The van der Waals surface area contributed by atoms with Crippen LogP contribution in [0.1, 0.15) is 41.6 Å². The number of hydrogen-bond acceptors (Lipinski definition) is 7. The van der Waals surface area contributed by atoms with Gasteiger partial charge in [0.25, 0.3) is 11.6 Å². The molecule has 1 aromatic heterocycles. The predicted molar refractivity (Wildman–Crippen MR) is 133 cm³/mol. The van der Waals surface area contributed by atoms with Crippen LogP contribution in [-0.4, -0.2) is 37.7 Å². The maximum Gasteiger partial charge on any atom is 0.270 e. The number of H-pyrrole nitrogens is 1. The van der Waals surface area contributed by atoms with Crippen LogP contribution in [0.2, 0.25) is 0 Å². The summed E-state index contributed by atoms with van der Waals surface area (Å²) in [5, 5.41) is 24.0. The molecule has 3 N–H and O–H groups in total. The molecule has 3 rings (SSSR count). The first-order valence-electron chi connectivity index (χ1n) is 10.3. The number of aromatic amines is 1. The van der Waals surface area contributed by atoms with Gasteiger partial charge in [-0.3, -0.25) is 24.8 Å². The summed E-state index contributed by atoms with van der Waals surface area (Å²) in [6, 6.07) is 10.6. The Bertz CT molecular complexity index is 1220. The van der Waals surface area contributed by atoms with Gasteiger partial charge in [-0.05, 0) is 42.7 Å². The number of halogens is 1. The zero-order chi connectivity index (χ0) is 24.8. The van der Waals surface area contributed by atoms with Crippen LogP contribution in [0.3, 0.4) is 0 Å². The van der Waals surface area contributed by atoms with Crippen LogP contribution < -0.4 is 10.6 Å². The number of non-ortho nitro benzene ring substituents is 1. The number of amides is 2. The Hall–Kier alpha value is -3.25. The fourth-order valence-electron chi connectivity index (χ4n) is 3.08. The van der Waals surface area contributed by atoms with E-state index in [0.29, 0.717) is 11.0 Å². The highest BCUT2D eigenvalue weighted by Crippen LogP contribution is 2.24. The summed E-state index contributed by atoms with van der Waals surface area (Å²) in [7, 11) is 0. The summed E-state index contributed by atoms with van der Waals surface area (Å²) >= 11 is 4.56. The number of rotatable bonds is 9. The molecule has 0 aliphatic carbocycles. The highest BCUT2D eigenvalue weighted by atomic mass is 79.9. The molecule has 0 saturated carbocycles. The third-order valence-electron chi connectivity index (χ3n) is 4.84. The third kappa shape index (κ3) is 6.64. The summed E-state index contributed by atoms with van der Waals surface area (Å²) in [6.07, 6.45) is 0. The average molecular weight is 547 g/mol. The zero-order valence-corrected chi connectivity index (χ0v) is 21.1. The molecule has 0 fully saturated rings. The Morgan fingerprint density at radius 1 is 1.24 bits per heavy atom. The van der Waals surface area contributed by atoms with Crippen molar-refractivity contribution in [3.63, 3.8) is 0 Å². The second-order valence-corrected chi connectivity index (χ2v) is 9.66. The van der Waals surface area contributed by atoms with Gasteiger partial charge in [0.2, 0.25) is 11.1 Å². The lowest BCUT2D eigenvalue weighted by atomic mass is 10.0. The number of anilines is 1. The van der Waals surface area contributed by atoms with Crippen LogP contribution >= 0.6 is 27.7 Å². The summed E-state index contributed by atoms with van der Waals surface area (Å²) in [4.78, 5) is 39.9. The van der Waals surface area contributed by atoms with Crippen LogP contribution in [-0.2, 0) is 4.79 Å². The van der Waals surface area contributed by atoms with Crippen LogP contribution in [0.5, 0.6) is 0 Å². The van der Waals surface area contributed by atoms with Crippen LogP contribution in [0, 0.1) is 23.0 Å². The monoisotopic (exact) mass is 546 g/mol. The zero-order valence-electron chi connectivity index (χ0n) is 18.7. The molecule has 2 aromatic carbocycles. The molecule has 0 spiro atoms. The van der Waals surface area contributed by atoms with E-state index < -0.39 is 16.9 Å². The lowest BCUT2D eigenvalue weighted by Crippen LogP contribution is -2.32. The Morgan fingerprint density at radius 3 is 2.68 bits per heavy atom. The van der Waals surface area contributed by atoms with E-state index in [1.165, 1.54) is 24.3 Å². The maximum atomic E-state index is 12.7. The average Bonchev–Trinajstić information content (AvgIpc) is 3.26. The number of hydrogen-bond donors (Lipinski definition) is 3. The van der Waals surface area contributed by atoms with Crippen molar-refractivity contribution >= 4 is 50.9 Å². The molecule has 34 heavy (non-hydrogen) atoms. The van der Waals surface area contributed by atoms with Crippen molar-refractivity contribution < 1.29 is 14.5 Å². The van der Waals surface area contributed by atoms with Crippen molar-refractivity contribution in [2.45, 2.75) is 32.0 Å². The summed E-state index contributed by atoms with van der Waals surface area (Å²) in [5.41, 5.74) is 1.68. The molecule has 0 saturated heterocycles. The number of nitrogens with one attached hydrogen (secondary N) is 3. The summed E-state index contributed by atoms with van der Waals surface area (Å²) in [6.45, 7) is 5.71. The van der Waals surface area contributed by atoms with E-state index in [1.54, 1.807) is 0 Å². The van der Waals surface area contributed by atoms with Gasteiger partial charge < -0.3 is 10.6 Å². The van der Waals surface area contributed by atoms with Crippen molar-refractivity contribution in [2.75, 3.05) is 11.1 Å². The topological polar surface area (TPSA) is 143 Å². The van der Waals surface area contributed by atoms with Gasteiger partial charge in [0.05, 0.1) is 16.7 Å². The van der Waals surface area contributed by atoms with Gasteiger partial charge >= 0.3 is 0 Å². The number of nitro benzene ring substituents is 1. The molecule has 0 bridgehead atoms. The highest BCUT2D eigenvalue weighted by molar-refractivity contribution is 9.10. The van der Waals surface area contributed by atoms with Gasteiger partial charge in [-0.15, -0.1) is 5.10 Å². The molecule has 2 amide bonds. The van der Waals surface area contributed by atoms with Crippen LogP contribution in [0.25, 0.3) is 0 Å². The SMILES string of the molecule is Cc1cc(Br)ccc1NC(=O)CSc1n[nH]c([C@@H](NC(=O)c2cccc([N+](=O)[O-])c2)C(C)C)n1. The van der Waals surface area contributed by atoms with Crippen LogP contribution in [0.4, 0.5) is 11.4 Å². The fraction of sp³-hybridized carbons (Fsp3) is 0.273. The summed E-state index contributed by atoms with van der Waals surface area (Å²) in [5.74, 6) is -0.157. The number of nitrogens with zero attached hydrogens (tertiary/aromatic N) is 3. The normalized spacial score (nSPS) is 11.8. The number of aryl methyl sites for hydroxylation is 1. The first-order valence-corrected chi connectivity index (χ1v) is 12.1. The van der Waals surface area contributed by atoms with Gasteiger partial charge in [0.15, 0.2) is 0 Å². The second-order valence-electron chi connectivity index (χ2n) is 7.80. The van der Waals surface area contributed by atoms with Gasteiger partial charge in [0.1, 0.15) is 5.82 Å². The van der Waals surface area contributed by atoms with E-state index in [0.717, 1.165) is 27.5 Å². The molecule has 3 aromatic rings. The number of nitro groups is 1. The predicted octanol–water partition coefficient (Wildman–Crippen LogP) is 4.64. The fourth-order valence-corrected chi connectivity index (χ4v) is 4.16. The van der Waals surface area contributed by atoms with Gasteiger partial charge in [0, 0.05) is 27.9 Å². The Balaban J connectivity index is 1.63. The van der Waals surface area contributed by atoms with Crippen molar-refractivity contribution in [3.05, 3.63) is 74.0 Å². The van der Waals surface area contributed by atoms with E-state index >= 15 is 0 Å². The first-order chi connectivity index (χ1) is 16.1. The largest absolute Gasteiger partial charge is 0.342 e. The molecule has 0 aliphatic rings. The molecule has 10 nitrogen and oxygen atoms in total. The Morgan fingerprint density at radius 2 is 2.00 bits per heavy atom. The van der Waals surface area contributed by atoms with E-state index in [2.05, 4.69) is 41.7 Å². The molecule has 178 valence electrons. The maximum absolute atomic E-state index is 12.7. The van der Waals surface area contributed by atoms with Gasteiger partial charge in [-0.25, -0.2) is 4.98 Å². The Labute approximate surface area is 208 Å². The minimum absolute atomic E-state index is 0.0443.